The first-order valence-electron chi connectivity index (χ1n) is 9.97. The van der Waals surface area contributed by atoms with Crippen LogP contribution in [0.5, 0.6) is 5.75 Å². The number of thiazole rings is 2. The lowest BCUT2D eigenvalue weighted by Crippen LogP contribution is -2.13. The number of benzene rings is 2. The van der Waals surface area contributed by atoms with Gasteiger partial charge in [-0.2, -0.15) is 4.68 Å². The van der Waals surface area contributed by atoms with Crippen LogP contribution in [0, 0.1) is 6.92 Å². The normalized spacial score (nSPS) is 11.3. The van der Waals surface area contributed by atoms with Crippen LogP contribution in [0.1, 0.15) is 4.88 Å². The van der Waals surface area contributed by atoms with Gasteiger partial charge in [0, 0.05) is 27.6 Å². The van der Waals surface area contributed by atoms with Gasteiger partial charge in [-0.05, 0) is 19.1 Å². The van der Waals surface area contributed by atoms with E-state index in [0.717, 1.165) is 21.7 Å². The zero-order valence-corrected chi connectivity index (χ0v) is 19.4. The largest absolute Gasteiger partial charge is 0.497 e. The Morgan fingerprint density at radius 1 is 1.06 bits per heavy atom. The maximum Gasteiger partial charge on any atom is 0.301 e. The van der Waals surface area contributed by atoms with Crippen molar-refractivity contribution in [3.05, 3.63) is 81.4 Å². The van der Waals surface area contributed by atoms with Gasteiger partial charge in [0.2, 0.25) is 10.3 Å². The lowest BCUT2D eigenvalue weighted by molar-refractivity contribution is 0.415. The molecule has 8 nitrogen and oxygen atoms in total. The molecule has 3 heterocycles. The molecule has 0 fully saturated rings. The highest BCUT2D eigenvalue weighted by Crippen LogP contribution is 2.32. The van der Waals surface area contributed by atoms with Gasteiger partial charge in [0.25, 0.3) is 0 Å². The number of nitrogens with one attached hydrogen (secondary N) is 1. The van der Waals surface area contributed by atoms with Crippen molar-refractivity contribution in [1.82, 2.24) is 19.7 Å². The van der Waals surface area contributed by atoms with E-state index >= 15 is 0 Å². The Hall–Kier alpha value is -3.89. The highest BCUT2D eigenvalue weighted by molar-refractivity contribution is 7.15. The van der Waals surface area contributed by atoms with Crippen LogP contribution in [-0.4, -0.2) is 26.9 Å². The van der Waals surface area contributed by atoms with Crippen molar-refractivity contribution in [1.29, 1.82) is 0 Å². The van der Waals surface area contributed by atoms with Crippen molar-refractivity contribution >= 4 is 33.5 Å². The number of hydrogen-bond acceptors (Lipinski definition) is 8. The van der Waals surface area contributed by atoms with E-state index in [1.54, 1.807) is 13.3 Å². The summed E-state index contributed by atoms with van der Waals surface area (Å²) in [5.41, 5.74) is 2.86. The summed E-state index contributed by atoms with van der Waals surface area (Å²) in [5, 5.41) is 14.6. The molecule has 0 bridgehead atoms. The predicted octanol–water partition coefficient (Wildman–Crippen LogP) is 6.15. The van der Waals surface area contributed by atoms with Crippen molar-refractivity contribution in [2.45, 2.75) is 6.92 Å². The van der Waals surface area contributed by atoms with Crippen LogP contribution in [0.3, 0.4) is 0 Å². The molecule has 0 spiro atoms. The lowest BCUT2D eigenvalue weighted by Gasteiger charge is -2.03. The number of rotatable bonds is 6. The number of hydrogen-bond donors (Lipinski definition) is 1. The number of aromatic amines is 1. The van der Waals surface area contributed by atoms with E-state index in [9.17, 15) is 4.79 Å². The van der Waals surface area contributed by atoms with Crippen LogP contribution in [0.15, 0.2) is 81.2 Å². The Morgan fingerprint density at radius 2 is 1.88 bits per heavy atom. The van der Waals surface area contributed by atoms with E-state index in [4.69, 9.17) is 4.74 Å². The highest BCUT2D eigenvalue weighted by Gasteiger charge is 2.19. The number of ether oxygens (including phenoxy) is 1. The van der Waals surface area contributed by atoms with Crippen molar-refractivity contribution in [2.75, 3.05) is 7.11 Å². The molecule has 10 heteroatoms. The third-order valence-electron chi connectivity index (χ3n) is 4.82. The molecule has 3 aromatic heterocycles. The van der Waals surface area contributed by atoms with E-state index in [0.29, 0.717) is 21.7 Å². The molecule has 0 radical (unpaired) electrons. The Morgan fingerprint density at radius 3 is 2.64 bits per heavy atom. The third-order valence-corrected chi connectivity index (χ3v) is 6.44. The summed E-state index contributed by atoms with van der Waals surface area (Å²) >= 11 is 2.77. The summed E-state index contributed by atoms with van der Waals surface area (Å²) in [5.74, 6) is 0.667. The van der Waals surface area contributed by atoms with Gasteiger partial charge in [-0.25, -0.2) is 9.97 Å². The maximum absolute atomic E-state index is 13.4. The number of azo groups is 1. The summed E-state index contributed by atoms with van der Waals surface area (Å²) in [6.45, 7) is 1.94. The van der Waals surface area contributed by atoms with E-state index in [2.05, 4.69) is 25.3 Å². The average Bonchev–Trinajstić information content (AvgIpc) is 3.57. The van der Waals surface area contributed by atoms with Gasteiger partial charge < -0.3 is 4.74 Å². The summed E-state index contributed by atoms with van der Waals surface area (Å²) in [7, 11) is 1.60. The molecule has 0 saturated carbocycles. The van der Waals surface area contributed by atoms with Gasteiger partial charge in [0.05, 0.1) is 18.5 Å². The Balaban J connectivity index is 1.62. The van der Waals surface area contributed by atoms with Crippen LogP contribution < -0.4 is 10.3 Å². The predicted molar refractivity (Wildman–Crippen MR) is 131 cm³/mol. The summed E-state index contributed by atoms with van der Waals surface area (Å²) < 4.78 is 6.75. The number of H-pyrrole nitrogens is 1. The standard InChI is InChI=1S/C23H18N6O2S2/c1-14-12-24-22(33-14)27-26-20-19(16-9-6-10-17(11-16)31-2)28-29(21(20)30)23-25-18(13-32-23)15-7-4-3-5-8-15/h3-13,28H,1-2H3. The van der Waals surface area contributed by atoms with Crippen LogP contribution in [0.2, 0.25) is 0 Å². The molecule has 5 rings (SSSR count). The fraction of sp³-hybridized carbons (Fsp3) is 0.0870. The fourth-order valence-electron chi connectivity index (χ4n) is 3.23. The van der Waals surface area contributed by atoms with Gasteiger partial charge in [-0.3, -0.25) is 9.89 Å². The minimum absolute atomic E-state index is 0.174. The van der Waals surface area contributed by atoms with Gasteiger partial charge >= 0.3 is 5.56 Å². The molecule has 0 atom stereocenters. The zero-order chi connectivity index (χ0) is 22.8. The SMILES string of the molecule is COc1cccc(-c2[nH]n(-c3nc(-c4ccccc4)cs3)c(=O)c2N=Nc2ncc(C)s2)c1. The second-order valence-corrected chi connectivity index (χ2v) is 9.09. The Kier molecular flexibility index (Phi) is 5.68. The molecule has 5 aromatic rings. The Bertz CT molecular complexity index is 1500. The van der Waals surface area contributed by atoms with E-state index < -0.39 is 0 Å². The van der Waals surface area contributed by atoms with E-state index in [1.807, 2.05) is 66.9 Å². The molecule has 33 heavy (non-hydrogen) atoms. The lowest BCUT2D eigenvalue weighted by atomic mass is 10.1. The van der Waals surface area contributed by atoms with Crippen LogP contribution in [0.4, 0.5) is 10.8 Å². The number of nitrogens with zero attached hydrogens (tertiary/aromatic N) is 5. The number of aromatic nitrogens is 4. The van der Waals surface area contributed by atoms with Crippen molar-refractivity contribution in [2.24, 2.45) is 10.2 Å². The van der Waals surface area contributed by atoms with Gasteiger partial charge in [0.15, 0.2) is 5.69 Å². The molecular formula is C23H18N6O2S2. The van der Waals surface area contributed by atoms with Gasteiger partial charge in [0.1, 0.15) is 5.75 Å². The fourth-order valence-corrected chi connectivity index (χ4v) is 4.60. The Labute approximate surface area is 196 Å². The zero-order valence-electron chi connectivity index (χ0n) is 17.7. The molecule has 1 N–H and O–H groups in total. The molecule has 0 amide bonds. The molecule has 0 aliphatic rings. The second kappa shape index (κ2) is 8.93. The second-order valence-electron chi connectivity index (χ2n) is 7.04. The molecule has 0 aliphatic heterocycles. The van der Waals surface area contributed by atoms with Crippen LogP contribution in [-0.2, 0) is 0 Å². The molecule has 0 unspecified atom stereocenters. The molecule has 164 valence electrons. The van der Waals surface area contributed by atoms with Crippen LogP contribution >= 0.6 is 22.7 Å². The minimum Gasteiger partial charge on any atom is -0.497 e. The van der Waals surface area contributed by atoms with Crippen molar-refractivity contribution < 1.29 is 4.74 Å². The van der Waals surface area contributed by atoms with Gasteiger partial charge in [-0.1, -0.05) is 53.8 Å². The highest BCUT2D eigenvalue weighted by atomic mass is 32.1. The van der Waals surface area contributed by atoms with E-state index in [-0.39, 0.29) is 11.2 Å². The molecule has 0 saturated heterocycles. The van der Waals surface area contributed by atoms with Crippen molar-refractivity contribution in [3.63, 3.8) is 0 Å². The molecule has 2 aromatic carbocycles. The first kappa shape index (κ1) is 21.0. The van der Waals surface area contributed by atoms with E-state index in [1.165, 1.54) is 27.4 Å². The van der Waals surface area contributed by atoms with Crippen molar-refractivity contribution in [3.8, 4) is 33.4 Å². The number of methoxy groups -OCH3 is 1. The van der Waals surface area contributed by atoms with Crippen LogP contribution in [0.25, 0.3) is 27.6 Å². The molecular weight excluding hydrogens is 456 g/mol. The first-order chi connectivity index (χ1) is 16.1. The topological polar surface area (TPSA) is 97.5 Å². The smallest absolute Gasteiger partial charge is 0.301 e. The quantitative estimate of drug-likeness (QED) is 0.299. The monoisotopic (exact) mass is 474 g/mol. The first-order valence-corrected chi connectivity index (χ1v) is 11.7. The summed E-state index contributed by atoms with van der Waals surface area (Å²) in [6.07, 6.45) is 1.72. The third kappa shape index (κ3) is 4.26. The molecule has 0 aliphatic carbocycles. The minimum atomic E-state index is -0.348. The van der Waals surface area contributed by atoms with Gasteiger partial charge in [-0.15, -0.1) is 21.6 Å². The average molecular weight is 475 g/mol. The maximum atomic E-state index is 13.4. The summed E-state index contributed by atoms with van der Waals surface area (Å²) in [4.78, 5) is 23.3. The number of aryl methyl sites for hydroxylation is 1. The summed E-state index contributed by atoms with van der Waals surface area (Å²) in [6, 6.07) is 17.2.